The second-order valence-electron chi connectivity index (χ2n) is 5.01. The van der Waals surface area contributed by atoms with Crippen LogP contribution >= 0.6 is 0 Å². The molecule has 0 amide bonds. The highest BCUT2D eigenvalue weighted by Crippen LogP contribution is 2.21. The molecule has 18 heavy (non-hydrogen) atoms. The molecule has 0 radical (unpaired) electrons. The van der Waals surface area contributed by atoms with Gasteiger partial charge in [-0.1, -0.05) is 13.5 Å². The average molecular weight is 251 g/mol. The summed E-state index contributed by atoms with van der Waals surface area (Å²) < 4.78 is 9.20. The zero-order valence-corrected chi connectivity index (χ0v) is 11.6. The van der Waals surface area contributed by atoms with E-state index in [0.29, 0.717) is 6.61 Å². The Labute approximate surface area is 109 Å². The summed E-state index contributed by atoms with van der Waals surface area (Å²) in [6.45, 7) is 10.8. The van der Waals surface area contributed by atoms with E-state index in [1.165, 1.54) is 0 Å². The monoisotopic (exact) mass is 251 g/mol. The van der Waals surface area contributed by atoms with Gasteiger partial charge in [0.15, 0.2) is 0 Å². The molecule has 100 valence electrons. The quantitative estimate of drug-likeness (QED) is 0.423. The van der Waals surface area contributed by atoms with Crippen molar-refractivity contribution < 1.29 is 14.1 Å². The molecule has 0 aliphatic carbocycles. The minimum atomic E-state index is -0.376. The molecule has 0 saturated carbocycles. The maximum atomic E-state index is 11.7. The number of carbonyl (C=O) groups excluding carboxylic acids is 1. The van der Waals surface area contributed by atoms with Gasteiger partial charge in [0.25, 0.3) is 0 Å². The Bertz CT molecular complexity index is 408. The molecule has 1 aromatic rings. The van der Waals surface area contributed by atoms with E-state index in [1.54, 1.807) is 6.20 Å². The van der Waals surface area contributed by atoms with Crippen LogP contribution < -0.4 is 4.57 Å². The molecule has 1 aromatic heterocycles. The normalized spacial score (nSPS) is 11.3. The van der Waals surface area contributed by atoms with Crippen LogP contribution in [-0.4, -0.2) is 17.1 Å². The van der Waals surface area contributed by atoms with Crippen LogP contribution in [0.25, 0.3) is 6.20 Å². The Morgan fingerprint density at radius 3 is 2.83 bits per heavy atom. The van der Waals surface area contributed by atoms with Crippen molar-refractivity contribution in [3.63, 3.8) is 0 Å². The van der Waals surface area contributed by atoms with Gasteiger partial charge in [0.05, 0.1) is 24.8 Å². The van der Waals surface area contributed by atoms with Crippen molar-refractivity contribution in [1.82, 2.24) is 4.57 Å². The van der Waals surface area contributed by atoms with E-state index in [0.717, 1.165) is 19.4 Å². The molecule has 4 nitrogen and oxygen atoms in total. The molecule has 0 N–H and O–H groups in total. The first kappa shape index (κ1) is 14.5. The lowest BCUT2D eigenvalue weighted by atomic mass is 9.91. The van der Waals surface area contributed by atoms with Crippen LogP contribution in [0, 0.1) is 5.41 Å². The summed E-state index contributed by atoms with van der Waals surface area (Å²) in [7, 11) is 0. The first-order valence-corrected chi connectivity index (χ1v) is 6.36. The molecular weight excluding hydrogens is 228 g/mol. The zero-order chi connectivity index (χ0) is 13.6. The molecule has 0 aliphatic heterocycles. The maximum Gasteiger partial charge on any atom is 0.311 e. The molecule has 0 fully saturated rings. The number of esters is 1. The van der Waals surface area contributed by atoms with Gasteiger partial charge < -0.3 is 4.74 Å². The third kappa shape index (κ3) is 4.02. The minimum absolute atomic E-state index is 0.112. The number of imidazole rings is 1. The van der Waals surface area contributed by atoms with E-state index < -0.39 is 0 Å². The standard InChI is InChI=1S/C14H23N2O2/c1-5-14(3,4)13(17)18-11-7-8-16-10-9-15(6-2)12-16/h6,9-10,12H,2,5,7-8,11H2,1,3-4H3/q+1. The lowest BCUT2D eigenvalue weighted by molar-refractivity contribution is -0.696. The fourth-order valence-corrected chi connectivity index (χ4v) is 1.40. The van der Waals surface area contributed by atoms with E-state index in [2.05, 4.69) is 6.58 Å². The zero-order valence-electron chi connectivity index (χ0n) is 11.6. The number of hydrogen-bond donors (Lipinski definition) is 0. The van der Waals surface area contributed by atoms with Crippen LogP contribution in [0.2, 0.25) is 0 Å². The largest absolute Gasteiger partial charge is 0.465 e. The Balaban J connectivity index is 2.27. The second kappa shape index (κ2) is 6.38. The predicted molar refractivity (Wildman–Crippen MR) is 70.7 cm³/mol. The van der Waals surface area contributed by atoms with Gasteiger partial charge in [-0.25, -0.2) is 9.13 Å². The lowest BCUT2D eigenvalue weighted by Crippen LogP contribution is -2.32. The molecule has 4 heteroatoms. The minimum Gasteiger partial charge on any atom is -0.465 e. The first-order chi connectivity index (χ1) is 8.49. The molecule has 1 rings (SSSR count). The van der Waals surface area contributed by atoms with E-state index in [-0.39, 0.29) is 11.4 Å². The van der Waals surface area contributed by atoms with Gasteiger partial charge in [0, 0.05) is 6.42 Å². The number of ether oxygens (including phenoxy) is 1. The molecule has 0 spiro atoms. The molecule has 0 saturated heterocycles. The Kier molecular flexibility index (Phi) is 5.13. The van der Waals surface area contributed by atoms with Crippen molar-refractivity contribution in [3.8, 4) is 0 Å². The maximum absolute atomic E-state index is 11.7. The number of carbonyl (C=O) groups is 1. The molecule has 0 aliphatic rings. The summed E-state index contributed by atoms with van der Waals surface area (Å²) >= 11 is 0. The average Bonchev–Trinajstić information content (AvgIpc) is 2.82. The molecule has 1 heterocycles. The summed E-state index contributed by atoms with van der Waals surface area (Å²) in [6.07, 6.45) is 9.20. The third-order valence-corrected chi connectivity index (χ3v) is 3.15. The van der Waals surface area contributed by atoms with Crippen molar-refractivity contribution in [2.45, 2.75) is 40.2 Å². The van der Waals surface area contributed by atoms with Crippen molar-refractivity contribution in [3.05, 3.63) is 25.3 Å². The Morgan fingerprint density at radius 1 is 1.56 bits per heavy atom. The number of aryl methyl sites for hydroxylation is 1. The van der Waals surface area contributed by atoms with Gasteiger partial charge >= 0.3 is 5.97 Å². The fraction of sp³-hybridized carbons (Fsp3) is 0.571. The van der Waals surface area contributed by atoms with Gasteiger partial charge in [0.2, 0.25) is 6.33 Å². The topological polar surface area (TPSA) is 35.1 Å². The van der Waals surface area contributed by atoms with Crippen LogP contribution in [-0.2, 0) is 16.1 Å². The Morgan fingerprint density at radius 2 is 2.28 bits per heavy atom. The summed E-state index contributed by atoms with van der Waals surface area (Å²) in [4.78, 5) is 11.7. The fourth-order valence-electron chi connectivity index (χ4n) is 1.40. The number of hydrogen-bond acceptors (Lipinski definition) is 2. The van der Waals surface area contributed by atoms with E-state index in [4.69, 9.17) is 4.74 Å². The first-order valence-electron chi connectivity index (χ1n) is 6.36. The highest BCUT2D eigenvalue weighted by molar-refractivity contribution is 5.75. The van der Waals surface area contributed by atoms with Gasteiger partial charge in [-0.3, -0.25) is 4.79 Å². The smallest absolute Gasteiger partial charge is 0.311 e. The summed E-state index contributed by atoms with van der Waals surface area (Å²) in [5.74, 6) is -0.112. The van der Waals surface area contributed by atoms with Crippen LogP contribution in [0.1, 0.15) is 33.6 Å². The van der Waals surface area contributed by atoms with Crippen LogP contribution in [0.5, 0.6) is 0 Å². The SMILES string of the molecule is C=Cn1cc[n+](CCCOC(=O)C(C)(C)CC)c1. The number of nitrogens with zero attached hydrogens (tertiary/aromatic N) is 2. The molecule has 0 unspecified atom stereocenters. The highest BCUT2D eigenvalue weighted by atomic mass is 16.5. The Hall–Kier alpha value is -1.58. The van der Waals surface area contributed by atoms with E-state index in [9.17, 15) is 4.79 Å². The summed E-state index contributed by atoms with van der Waals surface area (Å²) in [6, 6.07) is 0. The van der Waals surface area contributed by atoms with Crippen molar-refractivity contribution >= 4 is 12.2 Å². The molecule has 0 bridgehead atoms. The number of rotatable bonds is 7. The molecular formula is C14H23N2O2+. The number of aromatic nitrogens is 2. The molecule has 0 aromatic carbocycles. The summed E-state index contributed by atoms with van der Waals surface area (Å²) in [5.41, 5.74) is -0.376. The third-order valence-electron chi connectivity index (χ3n) is 3.15. The van der Waals surface area contributed by atoms with Crippen molar-refractivity contribution in [2.75, 3.05) is 6.61 Å². The van der Waals surface area contributed by atoms with Crippen molar-refractivity contribution in [2.24, 2.45) is 5.41 Å². The van der Waals surface area contributed by atoms with Gasteiger partial charge in [-0.2, -0.15) is 0 Å². The highest BCUT2D eigenvalue weighted by Gasteiger charge is 2.26. The lowest BCUT2D eigenvalue weighted by Gasteiger charge is -2.20. The van der Waals surface area contributed by atoms with Crippen LogP contribution in [0.15, 0.2) is 25.3 Å². The van der Waals surface area contributed by atoms with Gasteiger partial charge in [-0.15, -0.1) is 0 Å². The van der Waals surface area contributed by atoms with E-state index >= 15 is 0 Å². The second-order valence-corrected chi connectivity index (χ2v) is 5.01. The predicted octanol–water partition coefficient (Wildman–Crippen LogP) is 2.25. The molecule has 0 atom stereocenters. The van der Waals surface area contributed by atoms with Crippen LogP contribution in [0.4, 0.5) is 0 Å². The van der Waals surface area contributed by atoms with E-state index in [1.807, 2.05) is 48.6 Å². The van der Waals surface area contributed by atoms with Gasteiger partial charge in [0.1, 0.15) is 12.4 Å². The summed E-state index contributed by atoms with van der Waals surface area (Å²) in [5, 5.41) is 0. The van der Waals surface area contributed by atoms with Crippen LogP contribution in [0.3, 0.4) is 0 Å². The van der Waals surface area contributed by atoms with Crippen molar-refractivity contribution in [1.29, 1.82) is 0 Å². The van der Waals surface area contributed by atoms with Gasteiger partial charge in [-0.05, 0) is 20.3 Å².